The van der Waals surface area contributed by atoms with Gasteiger partial charge in [-0.15, -0.1) is 0 Å². The highest BCUT2D eigenvalue weighted by molar-refractivity contribution is 7.92. The number of hydrogen-bond acceptors (Lipinski definition) is 6. The maximum absolute atomic E-state index is 15.1. The van der Waals surface area contributed by atoms with Crippen LogP contribution in [0.1, 0.15) is 24.8 Å². The second kappa shape index (κ2) is 10.7. The highest BCUT2D eigenvalue weighted by atomic mass is 32.2. The molecule has 0 saturated carbocycles. The van der Waals surface area contributed by atoms with Crippen molar-refractivity contribution in [1.29, 1.82) is 0 Å². The Hall–Kier alpha value is -3.70. The number of sulfonamides is 1. The molecule has 11 heteroatoms. The van der Waals surface area contributed by atoms with Crippen molar-refractivity contribution < 1.29 is 41.3 Å². The fourth-order valence-electron chi connectivity index (χ4n) is 5.34. The molecule has 0 aliphatic carbocycles. The summed E-state index contributed by atoms with van der Waals surface area (Å²) in [6.07, 6.45) is -0.153. The number of fused-ring (bicyclic) bond motifs is 1. The van der Waals surface area contributed by atoms with E-state index >= 15 is 4.39 Å². The van der Waals surface area contributed by atoms with E-state index in [0.717, 1.165) is 22.0 Å². The van der Waals surface area contributed by atoms with Crippen LogP contribution in [0.5, 0.6) is 11.5 Å². The topological polar surface area (TPSA) is 102 Å². The number of anilines is 1. The Morgan fingerprint density at radius 2 is 1.88 bits per heavy atom. The number of halogens is 2. The van der Waals surface area contributed by atoms with Gasteiger partial charge in [-0.3, -0.25) is 9.10 Å². The van der Waals surface area contributed by atoms with Crippen LogP contribution < -0.4 is 13.8 Å². The van der Waals surface area contributed by atoms with Crippen molar-refractivity contribution >= 4 is 21.7 Å². The van der Waals surface area contributed by atoms with Gasteiger partial charge in [-0.1, -0.05) is 18.2 Å². The van der Waals surface area contributed by atoms with Gasteiger partial charge in [0, 0.05) is 31.3 Å². The standard InChI is InChI=1S/C29H29F2NO7S/c1-18-4-3-5-22(12-18)40(35,36)32-17-21(16-29(28(33)34)8-10-38-11-9-29)39-25-7-6-19(13-24(25)32)23-14-20(30)15-26(37-2)27(23)31/h3-7,12-15,21H,8-11,16-17H2,1-2H3,(H,33,34)/t21-/m0/s1. The van der Waals surface area contributed by atoms with Gasteiger partial charge >= 0.3 is 5.97 Å². The van der Waals surface area contributed by atoms with Gasteiger partial charge in [0.25, 0.3) is 10.0 Å². The molecule has 40 heavy (non-hydrogen) atoms. The normalized spacial score (nSPS) is 18.5. The molecule has 0 unspecified atom stereocenters. The second-order valence-corrected chi connectivity index (χ2v) is 12.0. The summed E-state index contributed by atoms with van der Waals surface area (Å²) in [4.78, 5) is 12.4. The average Bonchev–Trinajstić information content (AvgIpc) is 2.93. The number of carbonyl (C=O) groups is 1. The Balaban J connectivity index is 1.61. The van der Waals surface area contributed by atoms with E-state index in [9.17, 15) is 22.7 Å². The van der Waals surface area contributed by atoms with Crippen molar-refractivity contribution in [3.63, 3.8) is 0 Å². The van der Waals surface area contributed by atoms with E-state index in [1.165, 1.54) is 37.4 Å². The fourth-order valence-corrected chi connectivity index (χ4v) is 6.95. The molecule has 3 aromatic carbocycles. The van der Waals surface area contributed by atoms with Gasteiger partial charge in [0.2, 0.25) is 0 Å². The molecule has 0 spiro atoms. The lowest BCUT2D eigenvalue weighted by atomic mass is 9.75. The van der Waals surface area contributed by atoms with Crippen LogP contribution >= 0.6 is 0 Å². The van der Waals surface area contributed by atoms with Gasteiger partial charge in [0.15, 0.2) is 11.6 Å². The molecular formula is C29H29F2NO7S. The zero-order valence-electron chi connectivity index (χ0n) is 22.0. The van der Waals surface area contributed by atoms with Crippen molar-refractivity contribution in [2.75, 3.05) is 31.2 Å². The smallest absolute Gasteiger partial charge is 0.309 e. The predicted molar refractivity (Wildman–Crippen MR) is 143 cm³/mol. The van der Waals surface area contributed by atoms with Crippen LogP contribution in [-0.4, -0.2) is 52.5 Å². The van der Waals surface area contributed by atoms with E-state index in [-0.39, 0.29) is 72.2 Å². The second-order valence-electron chi connectivity index (χ2n) is 10.1. The van der Waals surface area contributed by atoms with E-state index in [0.29, 0.717) is 0 Å². The molecule has 0 amide bonds. The van der Waals surface area contributed by atoms with Crippen molar-refractivity contribution in [1.82, 2.24) is 0 Å². The molecule has 0 bridgehead atoms. The average molecular weight is 574 g/mol. The molecule has 2 aliphatic rings. The van der Waals surface area contributed by atoms with Crippen LogP contribution in [0.25, 0.3) is 11.1 Å². The van der Waals surface area contributed by atoms with Crippen LogP contribution in [0.3, 0.4) is 0 Å². The molecular weight excluding hydrogens is 544 g/mol. The zero-order chi connectivity index (χ0) is 28.7. The number of nitrogens with zero attached hydrogens (tertiary/aromatic N) is 1. The molecule has 0 aromatic heterocycles. The maximum Gasteiger partial charge on any atom is 0.309 e. The van der Waals surface area contributed by atoms with Crippen LogP contribution in [0.4, 0.5) is 14.5 Å². The Kier molecular flexibility index (Phi) is 7.45. The minimum absolute atomic E-state index is 0.0436. The first-order chi connectivity index (χ1) is 19.0. The summed E-state index contributed by atoms with van der Waals surface area (Å²) in [6, 6.07) is 12.8. The molecule has 3 aromatic rings. The van der Waals surface area contributed by atoms with Crippen LogP contribution in [0, 0.1) is 24.0 Å². The third-order valence-corrected chi connectivity index (χ3v) is 9.30. The molecule has 1 atom stereocenters. The molecule has 5 rings (SSSR count). The van der Waals surface area contributed by atoms with E-state index in [2.05, 4.69) is 0 Å². The molecule has 8 nitrogen and oxygen atoms in total. The first kappa shape index (κ1) is 27.9. The summed E-state index contributed by atoms with van der Waals surface area (Å²) in [7, 11) is -2.93. The largest absolute Gasteiger partial charge is 0.494 e. The minimum Gasteiger partial charge on any atom is -0.494 e. The number of methoxy groups -OCH3 is 1. The highest BCUT2D eigenvalue weighted by Crippen LogP contribution is 2.44. The third-order valence-electron chi connectivity index (χ3n) is 7.53. The molecule has 1 N–H and O–H groups in total. The number of benzene rings is 3. The van der Waals surface area contributed by atoms with Crippen LogP contribution in [0.15, 0.2) is 59.5 Å². The zero-order valence-corrected chi connectivity index (χ0v) is 22.8. The summed E-state index contributed by atoms with van der Waals surface area (Å²) < 4.78 is 75.1. The molecule has 0 radical (unpaired) electrons. The lowest BCUT2D eigenvalue weighted by Crippen LogP contribution is -2.48. The molecule has 1 fully saturated rings. The van der Waals surface area contributed by atoms with Gasteiger partial charge < -0.3 is 19.3 Å². The Labute approximate surface area is 231 Å². The van der Waals surface area contributed by atoms with Crippen molar-refractivity contribution in [3.05, 3.63) is 71.8 Å². The van der Waals surface area contributed by atoms with E-state index in [1.807, 2.05) is 0 Å². The van der Waals surface area contributed by atoms with Gasteiger partial charge in [-0.2, -0.15) is 0 Å². The number of hydrogen-bond donors (Lipinski definition) is 1. The third kappa shape index (κ3) is 5.11. The number of aliphatic carboxylic acids is 1. The summed E-state index contributed by atoms with van der Waals surface area (Å²) in [5.74, 6) is -2.60. The van der Waals surface area contributed by atoms with E-state index in [1.54, 1.807) is 19.1 Å². The highest BCUT2D eigenvalue weighted by Gasteiger charge is 2.45. The SMILES string of the molecule is COc1cc(F)cc(-c2ccc3c(c2)N(S(=O)(=O)c2cccc(C)c2)C[C@H](CC2(C(=O)O)CCOCC2)O3)c1F. The van der Waals surface area contributed by atoms with Gasteiger partial charge in [-0.05, 0) is 61.2 Å². The van der Waals surface area contributed by atoms with Crippen molar-refractivity contribution in [3.8, 4) is 22.6 Å². The quantitative estimate of drug-likeness (QED) is 0.416. The Morgan fingerprint density at radius 3 is 2.55 bits per heavy atom. The van der Waals surface area contributed by atoms with Crippen molar-refractivity contribution in [2.24, 2.45) is 5.41 Å². The summed E-state index contributed by atoms with van der Waals surface area (Å²) in [6.45, 7) is 2.17. The Morgan fingerprint density at radius 1 is 1.12 bits per heavy atom. The minimum atomic E-state index is -4.15. The predicted octanol–water partition coefficient (Wildman–Crippen LogP) is 5.18. The number of aryl methyl sites for hydroxylation is 1. The first-order valence-corrected chi connectivity index (χ1v) is 14.2. The number of rotatable bonds is 7. The van der Waals surface area contributed by atoms with Crippen LogP contribution in [0.2, 0.25) is 0 Å². The summed E-state index contributed by atoms with van der Waals surface area (Å²) in [5.41, 5.74) is -0.149. The van der Waals surface area contributed by atoms with Gasteiger partial charge in [0.1, 0.15) is 17.7 Å². The monoisotopic (exact) mass is 573 g/mol. The van der Waals surface area contributed by atoms with Crippen molar-refractivity contribution in [2.45, 2.75) is 37.2 Å². The molecule has 1 saturated heterocycles. The van der Waals surface area contributed by atoms with Crippen LogP contribution in [-0.2, 0) is 19.6 Å². The Bertz CT molecular complexity index is 1550. The number of carboxylic acids is 1. The number of ether oxygens (including phenoxy) is 3. The lowest BCUT2D eigenvalue weighted by molar-refractivity contribution is -0.157. The van der Waals surface area contributed by atoms with Gasteiger partial charge in [0.05, 0.1) is 29.7 Å². The maximum atomic E-state index is 15.1. The van der Waals surface area contributed by atoms with E-state index < -0.39 is 39.1 Å². The first-order valence-electron chi connectivity index (χ1n) is 12.8. The fraction of sp³-hybridized carbons (Fsp3) is 0.345. The summed E-state index contributed by atoms with van der Waals surface area (Å²) in [5, 5.41) is 10.1. The number of carboxylic acid groups (broad SMARTS) is 1. The lowest BCUT2D eigenvalue weighted by Gasteiger charge is -2.40. The van der Waals surface area contributed by atoms with Gasteiger partial charge in [-0.25, -0.2) is 17.2 Å². The van der Waals surface area contributed by atoms with E-state index in [4.69, 9.17) is 14.2 Å². The molecule has 2 aliphatic heterocycles. The summed E-state index contributed by atoms with van der Waals surface area (Å²) >= 11 is 0. The molecule has 212 valence electrons. The molecule has 2 heterocycles.